The third-order valence-electron chi connectivity index (χ3n) is 4.85. The van der Waals surface area contributed by atoms with Crippen molar-refractivity contribution in [1.82, 2.24) is 9.97 Å². The van der Waals surface area contributed by atoms with E-state index in [4.69, 9.17) is 4.98 Å². The molecule has 30 heavy (non-hydrogen) atoms. The molecule has 2 nitrogen and oxygen atoms in total. The second-order valence-electron chi connectivity index (χ2n) is 7.12. The van der Waals surface area contributed by atoms with Crippen LogP contribution in [0.5, 0.6) is 0 Å². The topological polar surface area (TPSA) is 28.7 Å². The van der Waals surface area contributed by atoms with E-state index in [2.05, 4.69) is 129 Å². The summed E-state index contributed by atoms with van der Waals surface area (Å²) >= 11 is 14.3. The smallest absolute Gasteiger partial charge is 0.111 e. The van der Waals surface area contributed by atoms with Crippen LogP contribution in [-0.2, 0) is 19.3 Å². The normalized spacial score (nSPS) is 11.1. The van der Waals surface area contributed by atoms with E-state index < -0.39 is 0 Å². The van der Waals surface area contributed by atoms with E-state index in [1.165, 1.54) is 16.7 Å². The average molecular weight is 654 g/mol. The standard InChI is InChI=1S/C24H18Br4N2/c25-18-8-6-16(10-20(18)27)12-22-23(13-17-7-9-19(26)21(28)11-17)30-24(29-22)14-15-4-2-1-3-5-15/h1-11H,12-14H2,(H,29,30). The van der Waals surface area contributed by atoms with Gasteiger partial charge in [0, 0.05) is 42.8 Å². The summed E-state index contributed by atoms with van der Waals surface area (Å²) in [5.74, 6) is 0.999. The number of hydrogen-bond donors (Lipinski definition) is 1. The highest BCUT2D eigenvalue weighted by Crippen LogP contribution is 2.27. The Morgan fingerprint density at radius 1 is 0.600 bits per heavy atom. The Morgan fingerprint density at radius 3 is 1.80 bits per heavy atom. The zero-order chi connectivity index (χ0) is 21.1. The van der Waals surface area contributed by atoms with Gasteiger partial charge in [0.25, 0.3) is 0 Å². The molecule has 0 spiro atoms. The lowest BCUT2D eigenvalue weighted by molar-refractivity contribution is 0.997. The van der Waals surface area contributed by atoms with Crippen molar-refractivity contribution in [1.29, 1.82) is 0 Å². The maximum atomic E-state index is 4.99. The number of hydrogen-bond acceptors (Lipinski definition) is 1. The summed E-state index contributed by atoms with van der Waals surface area (Å²) in [6.45, 7) is 0. The molecule has 0 atom stereocenters. The number of rotatable bonds is 6. The quantitative estimate of drug-likeness (QED) is 0.223. The molecule has 0 radical (unpaired) electrons. The molecule has 1 heterocycles. The first-order valence-corrected chi connectivity index (χ1v) is 12.6. The first-order valence-electron chi connectivity index (χ1n) is 9.46. The average Bonchev–Trinajstić information content (AvgIpc) is 3.09. The molecule has 4 aromatic rings. The second-order valence-corrected chi connectivity index (χ2v) is 10.5. The number of halogens is 4. The molecule has 0 saturated carbocycles. The molecule has 0 saturated heterocycles. The molecular weight excluding hydrogens is 636 g/mol. The van der Waals surface area contributed by atoms with Gasteiger partial charge in [-0.05, 0) is 105 Å². The molecule has 3 aromatic carbocycles. The van der Waals surface area contributed by atoms with Crippen LogP contribution in [0.2, 0.25) is 0 Å². The lowest BCUT2D eigenvalue weighted by atomic mass is 10.0. The molecule has 0 amide bonds. The summed E-state index contributed by atoms with van der Waals surface area (Å²) in [5.41, 5.74) is 5.96. The summed E-state index contributed by atoms with van der Waals surface area (Å²) in [6, 6.07) is 23.2. The molecule has 1 N–H and O–H groups in total. The highest BCUT2D eigenvalue weighted by atomic mass is 79.9. The largest absolute Gasteiger partial charge is 0.345 e. The van der Waals surface area contributed by atoms with Crippen molar-refractivity contribution in [3.8, 4) is 0 Å². The van der Waals surface area contributed by atoms with Crippen molar-refractivity contribution >= 4 is 63.7 Å². The van der Waals surface area contributed by atoms with Crippen LogP contribution >= 0.6 is 63.7 Å². The molecule has 4 rings (SSSR count). The second kappa shape index (κ2) is 9.94. The third-order valence-corrected chi connectivity index (χ3v) is 8.61. The Labute approximate surface area is 210 Å². The van der Waals surface area contributed by atoms with Gasteiger partial charge >= 0.3 is 0 Å². The summed E-state index contributed by atoms with van der Waals surface area (Å²) in [5, 5.41) is 0. The van der Waals surface area contributed by atoms with Gasteiger partial charge in [-0.1, -0.05) is 42.5 Å². The molecule has 152 valence electrons. The van der Waals surface area contributed by atoms with Crippen LogP contribution in [0.4, 0.5) is 0 Å². The minimum Gasteiger partial charge on any atom is -0.345 e. The molecule has 0 fully saturated rings. The zero-order valence-electron chi connectivity index (χ0n) is 15.9. The van der Waals surface area contributed by atoms with E-state index in [1.54, 1.807) is 0 Å². The van der Waals surface area contributed by atoms with Crippen molar-refractivity contribution in [3.63, 3.8) is 0 Å². The number of benzene rings is 3. The van der Waals surface area contributed by atoms with Crippen molar-refractivity contribution < 1.29 is 0 Å². The molecule has 0 aliphatic rings. The summed E-state index contributed by atoms with van der Waals surface area (Å²) < 4.78 is 4.22. The molecule has 6 heteroatoms. The van der Waals surface area contributed by atoms with Gasteiger partial charge in [-0.3, -0.25) is 0 Å². The molecular formula is C24H18Br4N2. The number of H-pyrrole nitrogens is 1. The number of nitrogens with zero attached hydrogens (tertiary/aromatic N) is 1. The molecule has 0 bridgehead atoms. The maximum Gasteiger partial charge on any atom is 0.111 e. The fourth-order valence-electron chi connectivity index (χ4n) is 3.37. The highest BCUT2D eigenvalue weighted by Gasteiger charge is 2.13. The minimum atomic E-state index is 0.782. The lowest BCUT2D eigenvalue weighted by Gasteiger charge is -2.06. The third kappa shape index (κ3) is 5.52. The van der Waals surface area contributed by atoms with Gasteiger partial charge in [-0.15, -0.1) is 0 Å². The van der Waals surface area contributed by atoms with E-state index in [9.17, 15) is 0 Å². The number of aromatic nitrogens is 2. The summed E-state index contributed by atoms with van der Waals surface area (Å²) in [4.78, 5) is 8.59. The Morgan fingerprint density at radius 2 is 1.20 bits per heavy atom. The summed E-state index contributed by atoms with van der Waals surface area (Å²) in [7, 11) is 0. The maximum absolute atomic E-state index is 4.99. The van der Waals surface area contributed by atoms with Gasteiger partial charge in [-0.2, -0.15) is 0 Å². The minimum absolute atomic E-state index is 0.782. The van der Waals surface area contributed by atoms with E-state index in [1.807, 2.05) is 6.07 Å². The Balaban J connectivity index is 1.66. The van der Waals surface area contributed by atoms with Crippen molar-refractivity contribution in [2.75, 3.05) is 0 Å². The Bertz CT molecular complexity index is 1100. The van der Waals surface area contributed by atoms with Gasteiger partial charge in [0.15, 0.2) is 0 Å². The van der Waals surface area contributed by atoms with Crippen LogP contribution < -0.4 is 0 Å². The van der Waals surface area contributed by atoms with E-state index >= 15 is 0 Å². The predicted octanol–water partition coefficient (Wildman–Crippen LogP) is 8.23. The van der Waals surface area contributed by atoms with Gasteiger partial charge < -0.3 is 4.98 Å². The van der Waals surface area contributed by atoms with Crippen LogP contribution in [0.1, 0.15) is 33.9 Å². The van der Waals surface area contributed by atoms with Gasteiger partial charge in [0.05, 0.1) is 5.69 Å². The lowest BCUT2D eigenvalue weighted by Crippen LogP contribution is -1.97. The molecule has 0 aliphatic heterocycles. The van der Waals surface area contributed by atoms with E-state index in [-0.39, 0.29) is 0 Å². The fourth-order valence-corrected chi connectivity index (χ4v) is 4.71. The van der Waals surface area contributed by atoms with Gasteiger partial charge in [0.1, 0.15) is 5.82 Å². The molecule has 1 aromatic heterocycles. The van der Waals surface area contributed by atoms with E-state index in [0.29, 0.717) is 0 Å². The fraction of sp³-hybridized carbons (Fsp3) is 0.125. The van der Waals surface area contributed by atoms with Crippen molar-refractivity contribution in [2.24, 2.45) is 0 Å². The SMILES string of the molecule is Brc1ccc(Cc2nc(Cc3ccccc3)[nH]c2Cc2ccc(Br)c(Br)c2)cc1Br. The molecule has 0 aliphatic carbocycles. The Hall–Kier alpha value is -1.21. The van der Waals surface area contributed by atoms with Gasteiger partial charge in [-0.25, -0.2) is 4.98 Å². The van der Waals surface area contributed by atoms with Gasteiger partial charge in [0.2, 0.25) is 0 Å². The van der Waals surface area contributed by atoms with Crippen LogP contribution in [-0.4, -0.2) is 9.97 Å². The number of nitrogens with one attached hydrogen (secondary N) is 1. The predicted molar refractivity (Wildman–Crippen MR) is 137 cm³/mol. The first-order chi connectivity index (χ1) is 14.5. The van der Waals surface area contributed by atoms with Crippen molar-refractivity contribution in [2.45, 2.75) is 19.3 Å². The number of imidazole rings is 1. The van der Waals surface area contributed by atoms with Crippen molar-refractivity contribution in [3.05, 3.63) is 119 Å². The first kappa shape index (κ1) is 22.0. The van der Waals surface area contributed by atoms with Crippen LogP contribution in [0, 0.1) is 0 Å². The van der Waals surface area contributed by atoms with E-state index in [0.717, 1.165) is 54.4 Å². The summed E-state index contributed by atoms with van der Waals surface area (Å²) in [6.07, 6.45) is 2.38. The van der Waals surface area contributed by atoms with Crippen LogP contribution in [0.25, 0.3) is 0 Å². The molecule has 0 unspecified atom stereocenters. The zero-order valence-corrected chi connectivity index (χ0v) is 22.3. The monoisotopic (exact) mass is 650 g/mol. The van der Waals surface area contributed by atoms with Crippen LogP contribution in [0.3, 0.4) is 0 Å². The Kier molecular flexibility index (Phi) is 7.29. The highest BCUT2D eigenvalue weighted by molar-refractivity contribution is 9.13. The van der Waals surface area contributed by atoms with Crippen LogP contribution in [0.15, 0.2) is 84.6 Å². The number of aromatic amines is 1.